The predicted molar refractivity (Wildman–Crippen MR) is 95.0 cm³/mol. The first-order valence-corrected chi connectivity index (χ1v) is 8.32. The van der Waals surface area contributed by atoms with Gasteiger partial charge in [0.1, 0.15) is 0 Å². The largest absolute Gasteiger partial charge is 0.416 e. The van der Waals surface area contributed by atoms with Crippen LogP contribution in [0.25, 0.3) is 0 Å². The molecule has 0 spiro atoms. The average molecular weight is 337 g/mol. The van der Waals surface area contributed by atoms with E-state index >= 15 is 0 Å². The minimum Gasteiger partial charge on any atom is -0.300 e. The number of likely N-dealkylation sites (N-methyl/N-ethyl adjacent to an activating group) is 1. The first kappa shape index (κ1) is 20.2. The van der Waals surface area contributed by atoms with Crippen molar-refractivity contribution in [1.29, 1.82) is 0 Å². The summed E-state index contributed by atoms with van der Waals surface area (Å²) in [6.45, 7) is 7.36. The van der Waals surface area contributed by atoms with Gasteiger partial charge < -0.3 is 4.90 Å². The molecule has 0 aliphatic carbocycles. The molecule has 0 fully saturated rings. The van der Waals surface area contributed by atoms with E-state index in [1.54, 1.807) is 0 Å². The molecule has 0 radical (unpaired) electrons. The Labute approximate surface area is 143 Å². The zero-order valence-electron chi connectivity index (χ0n) is 14.4. The first-order chi connectivity index (χ1) is 11.5. The molecule has 1 aromatic rings. The lowest BCUT2D eigenvalue weighted by atomic mass is 10.1. The maximum Gasteiger partial charge on any atom is 0.416 e. The summed E-state index contributed by atoms with van der Waals surface area (Å²) in [6, 6.07) is 5.31. The lowest BCUT2D eigenvalue weighted by Gasteiger charge is -2.14. The van der Waals surface area contributed by atoms with Crippen molar-refractivity contribution >= 4 is 0 Å². The third-order valence-corrected chi connectivity index (χ3v) is 3.71. The molecule has 1 rings (SSSR count). The number of hydrogen-bond acceptors (Lipinski definition) is 1. The minimum atomic E-state index is -4.27. The van der Waals surface area contributed by atoms with Crippen molar-refractivity contribution in [3.8, 4) is 0 Å². The van der Waals surface area contributed by atoms with E-state index in [0.717, 1.165) is 43.8 Å². The van der Waals surface area contributed by atoms with Gasteiger partial charge in [-0.15, -0.1) is 0 Å². The Hall–Kier alpha value is -1.81. The van der Waals surface area contributed by atoms with Gasteiger partial charge in [0.25, 0.3) is 0 Å². The fourth-order valence-electron chi connectivity index (χ4n) is 2.15. The Kier molecular flexibility index (Phi) is 9.16. The molecule has 1 nitrogen and oxygen atoms in total. The van der Waals surface area contributed by atoms with Crippen LogP contribution in [0.2, 0.25) is 0 Å². The van der Waals surface area contributed by atoms with Crippen molar-refractivity contribution in [2.45, 2.75) is 32.9 Å². The van der Waals surface area contributed by atoms with Crippen LogP contribution in [0.1, 0.15) is 31.4 Å². The van der Waals surface area contributed by atoms with Crippen LogP contribution >= 0.6 is 0 Å². The zero-order valence-corrected chi connectivity index (χ0v) is 14.4. The molecule has 0 saturated carbocycles. The highest BCUT2D eigenvalue weighted by molar-refractivity contribution is 5.26. The van der Waals surface area contributed by atoms with Crippen LogP contribution in [0.15, 0.2) is 60.7 Å². The van der Waals surface area contributed by atoms with Crippen LogP contribution in [-0.4, -0.2) is 24.5 Å². The fourth-order valence-corrected chi connectivity index (χ4v) is 2.15. The Balaban J connectivity index is 2.28. The summed E-state index contributed by atoms with van der Waals surface area (Å²) in [5.74, 6) is 0. The molecule has 0 unspecified atom stereocenters. The highest BCUT2D eigenvalue weighted by atomic mass is 19.4. The summed E-state index contributed by atoms with van der Waals surface area (Å²) in [7, 11) is 0. The molecule has 132 valence electrons. The Bertz CT molecular complexity index is 535. The molecule has 0 heterocycles. The van der Waals surface area contributed by atoms with Gasteiger partial charge in [-0.25, -0.2) is 0 Å². The summed E-state index contributed by atoms with van der Waals surface area (Å²) < 4.78 is 37.4. The van der Waals surface area contributed by atoms with E-state index in [1.807, 2.05) is 24.3 Å². The maximum atomic E-state index is 12.5. The van der Waals surface area contributed by atoms with Gasteiger partial charge in [-0.1, -0.05) is 62.4 Å². The molecule has 0 aliphatic heterocycles. The average Bonchev–Trinajstić information content (AvgIpc) is 2.56. The van der Waals surface area contributed by atoms with E-state index in [9.17, 15) is 13.2 Å². The minimum absolute atomic E-state index is 0.602. The van der Waals surface area contributed by atoms with Gasteiger partial charge in [0.2, 0.25) is 0 Å². The highest BCUT2D eigenvalue weighted by Gasteiger charge is 2.29. The van der Waals surface area contributed by atoms with Gasteiger partial charge in [-0.3, -0.25) is 0 Å². The number of halogens is 3. The SMILES string of the molecule is CCN(CC)C/C=C\C=C/C/C=C\Cc1ccc(C(F)(F)F)cc1. The quantitative estimate of drug-likeness (QED) is 0.416. The molecule has 0 N–H and O–H groups in total. The zero-order chi connectivity index (χ0) is 17.8. The van der Waals surface area contributed by atoms with Gasteiger partial charge in [0.15, 0.2) is 0 Å². The molecule has 0 aromatic heterocycles. The van der Waals surface area contributed by atoms with Crippen molar-refractivity contribution in [3.05, 3.63) is 71.8 Å². The number of rotatable bonds is 9. The van der Waals surface area contributed by atoms with Crippen molar-refractivity contribution < 1.29 is 13.2 Å². The molecular weight excluding hydrogens is 311 g/mol. The van der Waals surface area contributed by atoms with E-state index < -0.39 is 11.7 Å². The maximum absolute atomic E-state index is 12.5. The topological polar surface area (TPSA) is 3.24 Å². The van der Waals surface area contributed by atoms with Crippen molar-refractivity contribution in [2.24, 2.45) is 0 Å². The summed E-state index contributed by atoms with van der Waals surface area (Å²) in [5, 5.41) is 0. The van der Waals surface area contributed by atoms with Gasteiger partial charge in [-0.2, -0.15) is 13.2 Å². The lowest BCUT2D eigenvalue weighted by molar-refractivity contribution is -0.137. The van der Waals surface area contributed by atoms with Crippen molar-refractivity contribution in [3.63, 3.8) is 0 Å². The van der Waals surface area contributed by atoms with Crippen molar-refractivity contribution in [1.82, 2.24) is 4.90 Å². The van der Waals surface area contributed by atoms with Crippen LogP contribution in [0.3, 0.4) is 0 Å². The number of hydrogen-bond donors (Lipinski definition) is 0. The predicted octanol–water partition coefficient (Wildman–Crippen LogP) is 5.65. The standard InChI is InChI=1S/C20H26F3N/c1-3-24(4-2)17-11-9-7-5-6-8-10-12-18-13-15-19(16-14-18)20(21,22)23/h5,7-11,13-16H,3-4,6,12,17H2,1-2H3/b7-5-,10-8-,11-9-. The fraction of sp³-hybridized carbons (Fsp3) is 0.400. The second-order valence-corrected chi connectivity index (χ2v) is 5.45. The van der Waals surface area contributed by atoms with Gasteiger partial charge >= 0.3 is 6.18 Å². The highest BCUT2D eigenvalue weighted by Crippen LogP contribution is 2.29. The van der Waals surface area contributed by atoms with Crippen LogP contribution in [-0.2, 0) is 12.6 Å². The van der Waals surface area contributed by atoms with E-state index in [0.29, 0.717) is 6.42 Å². The van der Waals surface area contributed by atoms with Crippen molar-refractivity contribution in [2.75, 3.05) is 19.6 Å². The van der Waals surface area contributed by atoms with Crippen LogP contribution in [0, 0.1) is 0 Å². The third kappa shape index (κ3) is 8.16. The number of nitrogens with zero attached hydrogens (tertiary/aromatic N) is 1. The summed E-state index contributed by atoms with van der Waals surface area (Å²) in [5.41, 5.74) is 0.275. The summed E-state index contributed by atoms with van der Waals surface area (Å²) in [6.07, 6.45) is 9.45. The molecule has 1 aromatic carbocycles. The lowest BCUT2D eigenvalue weighted by Crippen LogP contribution is -2.22. The molecule has 0 atom stereocenters. The monoisotopic (exact) mass is 337 g/mol. The molecular formula is C20H26F3N. The molecule has 0 bridgehead atoms. The Morgan fingerprint density at radius 2 is 1.50 bits per heavy atom. The smallest absolute Gasteiger partial charge is 0.300 e. The van der Waals surface area contributed by atoms with Gasteiger partial charge in [0.05, 0.1) is 5.56 Å². The van der Waals surface area contributed by atoms with Gasteiger partial charge in [0, 0.05) is 6.54 Å². The van der Waals surface area contributed by atoms with E-state index in [2.05, 4.69) is 30.9 Å². The normalized spacial score (nSPS) is 13.1. The van der Waals surface area contributed by atoms with E-state index in [1.165, 1.54) is 12.1 Å². The Morgan fingerprint density at radius 1 is 0.875 bits per heavy atom. The van der Waals surface area contributed by atoms with Crippen LogP contribution in [0.5, 0.6) is 0 Å². The van der Waals surface area contributed by atoms with Gasteiger partial charge in [-0.05, 0) is 43.6 Å². The molecule has 4 heteroatoms. The molecule has 0 aliphatic rings. The van der Waals surface area contributed by atoms with Crippen LogP contribution in [0.4, 0.5) is 13.2 Å². The number of allylic oxidation sites excluding steroid dienone is 5. The van der Waals surface area contributed by atoms with Crippen LogP contribution < -0.4 is 0 Å². The van der Waals surface area contributed by atoms with E-state index in [-0.39, 0.29) is 0 Å². The number of benzene rings is 1. The summed E-state index contributed by atoms with van der Waals surface area (Å²) >= 11 is 0. The second-order valence-electron chi connectivity index (χ2n) is 5.45. The first-order valence-electron chi connectivity index (χ1n) is 8.32. The van der Waals surface area contributed by atoms with E-state index in [4.69, 9.17) is 0 Å². The Morgan fingerprint density at radius 3 is 2.08 bits per heavy atom. The molecule has 24 heavy (non-hydrogen) atoms. The third-order valence-electron chi connectivity index (χ3n) is 3.71. The number of alkyl halides is 3. The molecule has 0 amide bonds. The second kappa shape index (κ2) is 10.9. The summed E-state index contributed by atoms with van der Waals surface area (Å²) in [4.78, 5) is 2.33. The molecule has 0 saturated heterocycles.